The van der Waals surface area contributed by atoms with Gasteiger partial charge in [0, 0.05) is 11.1 Å². The topological polar surface area (TPSA) is 92.3 Å². The van der Waals surface area contributed by atoms with Gasteiger partial charge in [0.2, 0.25) is 5.91 Å². The van der Waals surface area contributed by atoms with Gasteiger partial charge >= 0.3 is 0 Å². The largest absolute Gasteiger partial charge is 0.486 e. The van der Waals surface area contributed by atoms with Gasteiger partial charge in [-0.15, -0.1) is 5.10 Å². The molecule has 1 aliphatic rings. The lowest BCUT2D eigenvalue weighted by molar-refractivity contribution is 0.0755. The Morgan fingerprint density at radius 3 is 2.68 bits per heavy atom. The van der Waals surface area contributed by atoms with Gasteiger partial charge in [-0.3, -0.25) is 4.79 Å². The summed E-state index contributed by atoms with van der Waals surface area (Å²) in [5.41, 5.74) is 7.29. The first-order chi connectivity index (χ1) is 12.2. The summed E-state index contributed by atoms with van der Waals surface area (Å²) in [5, 5.41) is 8.31. The summed E-state index contributed by atoms with van der Waals surface area (Å²) in [7, 11) is 0. The highest BCUT2D eigenvalue weighted by Gasteiger charge is 2.21. The van der Waals surface area contributed by atoms with Gasteiger partial charge in [0.1, 0.15) is 12.3 Å². The van der Waals surface area contributed by atoms with E-state index >= 15 is 0 Å². The number of nitrogens with two attached hydrogens (primary N) is 1. The van der Waals surface area contributed by atoms with Gasteiger partial charge < -0.3 is 15.2 Å². The van der Waals surface area contributed by atoms with Crippen molar-refractivity contribution in [1.29, 1.82) is 0 Å². The van der Waals surface area contributed by atoms with E-state index in [1.165, 1.54) is 0 Å². The van der Waals surface area contributed by atoms with E-state index in [0.717, 1.165) is 17.1 Å². The van der Waals surface area contributed by atoms with Crippen LogP contribution >= 0.6 is 0 Å². The summed E-state index contributed by atoms with van der Waals surface area (Å²) >= 11 is 0. The van der Waals surface area contributed by atoms with E-state index in [2.05, 4.69) is 10.3 Å². The Morgan fingerprint density at radius 2 is 1.92 bits per heavy atom. The lowest BCUT2D eigenvalue weighted by Gasteiger charge is -2.26. The van der Waals surface area contributed by atoms with Gasteiger partial charge in [0.15, 0.2) is 17.6 Å². The summed E-state index contributed by atoms with van der Waals surface area (Å²) in [6.07, 6.45) is 1.70. The highest BCUT2D eigenvalue weighted by atomic mass is 16.6. The SMILES string of the molecule is NC(=O)c1ccc(-c2cn(CC3COc4ccccc4O3)nn2)cc1. The molecule has 0 radical (unpaired) electrons. The molecule has 4 rings (SSSR count). The van der Waals surface area contributed by atoms with Crippen LogP contribution in [0.1, 0.15) is 10.4 Å². The van der Waals surface area contributed by atoms with Crippen LogP contribution in [-0.2, 0) is 6.54 Å². The zero-order chi connectivity index (χ0) is 17.2. The first kappa shape index (κ1) is 15.2. The van der Waals surface area contributed by atoms with Crippen molar-refractivity contribution in [3.8, 4) is 22.8 Å². The number of carbonyl (C=O) groups excluding carboxylic acids is 1. The van der Waals surface area contributed by atoms with Crippen molar-refractivity contribution in [2.75, 3.05) is 6.61 Å². The number of hydrogen-bond acceptors (Lipinski definition) is 5. The molecular formula is C18H16N4O3. The summed E-state index contributed by atoms with van der Waals surface area (Å²) in [5.74, 6) is 1.04. The molecule has 7 heteroatoms. The fourth-order valence-corrected chi connectivity index (χ4v) is 2.69. The van der Waals surface area contributed by atoms with Crippen LogP contribution in [0.4, 0.5) is 0 Å². The predicted octanol–water partition coefficient (Wildman–Crippen LogP) is 1.88. The molecule has 0 saturated heterocycles. The van der Waals surface area contributed by atoms with Gasteiger partial charge in [-0.05, 0) is 24.3 Å². The van der Waals surface area contributed by atoms with Crippen LogP contribution in [-0.4, -0.2) is 33.6 Å². The van der Waals surface area contributed by atoms with Crippen molar-refractivity contribution in [3.63, 3.8) is 0 Å². The van der Waals surface area contributed by atoms with Crippen LogP contribution < -0.4 is 15.2 Å². The second kappa shape index (κ2) is 6.27. The Bertz CT molecular complexity index is 905. The molecule has 7 nitrogen and oxygen atoms in total. The molecule has 2 heterocycles. The second-order valence-electron chi connectivity index (χ2n) is 5.77. The molecule has 2 N–H and O–H groups in total. The first-order valence-corrected chi connectivity index (χ1v) is 7.88. The third-order valence-electron chi connectivity index (χ3n) is 3.96. The number of carbonyl (C=O) groups is 1. The number of aromatic nitrogens is 3. The van der Waals surface area contributed by atoms with Crippen molar-refractivity contribution in [3.05, 3.63) is 60.3 Å². The molecule has 25 heavy (non-hydrogen) atoms. The molecule has 1 aliphatic heterocycles. The molecule has 0 saturated carbocycles. The van der Waals surface area contributed by atoms with E-state index in [4.69, 9.17) is 15.2 Å². The van der Waals surface area contributed by atoms with Crippen molar-refractivity contribution >= 4 is 5.91 Å². The van der Waals surface area contributed by atoms with Crippen molar-refractivity contribution in [2.24, 2.45) is 5.73 Å². The Hall–Kier alpha value is -3.35. The Kier molecular flexibility index (Phi) is 3.81. The number of benzene rings is 2. The second-order valence-corrected chi connectivity index (χ2v) is 5.77. The van der Waals surface area contributed by atoms with Crippen molar-refractivity contribution < 1.29 is 14.3 Å². The average molecular weight is 336 g/mol. The van der Waals surface area contributed by atoms with E-state index in [9.17, 15) is 4.79 Å². The van der Waals surface area contributed by atoms with Crippen LogP contribution in [0.15, 0.2) is 54.7 Å². The highest BCUT2D eigenvalue weighted by molar-refractivity contribution is 5.93. The van der Waals surface area contributed by atoms with Crippen molar-refractivity contribution in [2.45, 2.75) is 12.6 Å². The lowest BCUT2D eigenvalue weighted by atomic mass is 10.1. The standard InChI is InChI=1S/C18H16N4O3/c19-18(23)13-7-5-12(6-8-13)15-10-22(21-20-15)9-14-11-24-16-3-1-2-4-17(16)25-14/h1-8,10,14H,9,11H2,(H2,19,23). The summed E-state index contributed by atoms with van der Waals surface area (Å²) in [6.45, 7) is 0.986. The third kappa shape index (κ3) is 3.16. The number of rotatable bonds is 4. The monoisotopic (exact) mass is 336 g/mol. The molecule has 0 fully saturated rings. The summed E-state index contributed by atoms with van der Waals surface area (Å²) in [6, 6.07) is 14.5. The third-order valence-corrected chi connectivity index (χ3v) is 3.96. The van der Waals surface area contributed by atoms with Gasteiger partial charge in [-0.2, -0.15) is 0 Å². The van der Waals surface area contributed by atoms with E-state index in [0.29, 0.717) is 24.4 Å². The van der Waals surface area contributed by atoms with E-state index in [1.54, 1.807) is 28.9 Å². The Labute approximate surface area is 144 Å². The molecular weight excluding hydrogens is 320 g/mol. The van der Waals surface area contributed by atoms with E-state index < -0.39 is 5.91 Å². The van der Waals surface area contributed by atoms with Crippen LogP contribution in [0.5, 0.6) is 11.5 Å². The predicted molar refractivity (Wildman–Crippen MR) is 90.3 cm³/mol. The minimum absolute atomic E-state index is 0.137. The zero-order valence-electron chi connectivity index (χ0n) is 13.3. The van der Waals surface area contributed by atoms with Crippen LogP contribution in [0, 0.1) is 0 Å². The van der Waals surface area contributed by atoms with E-state index in [1.807, 2.05) is 30.5 Å². The molecule has 1 aromatic heterocycles. The molecule has 0 bridgehead atoms. The fourth-order valence-electron chi connectivity index (χ4n) is 2.69. The maximum Gasteiger partial charge on any atom is 0.248 e. The molecule has 1 unspecified atom stereocenters. The number of hydrogen-bond donors (Lipinski definition) is 1. The van der Waals surface area contributed by atoms with Crippen LogP contribution in [0.25, 0.3) is 11.3 Å². The first-order valence-electron chi connectivity index (χ1n) is 7.88. The van der Waals surface area contributed by atoms with Crippen molar-refractivity contribution in [1.82, 2.24) is 15.0 Å². The summed E-state index contributed by atoms with van der Waals surface area (Å²) in [4.78, 5) is 11.1. The zero-order valence-corrected chi connectivity index (χ0v) is 13.3. The smallest absolute Gasteiger partial charge is 0.248 e. The number of fused-ring (bicyclic) bond motifs is 1. The molecule has 0 aliphatic carbocycles. The van der Waals surface area contributed by atoms with Crippen LogP contribution in [0.3, 0.4) is 0 Å². The number of para-hydroxylation sites is 2. The average Bonchev–Trinajstić information content (AvgIpc) is 3.10. The molecule has 2 aromatic carbocycles. The fraction of sp³-hybridized carbons (Fsp3) is 0.167. The van der Waals surface area contributed by atoms with Gasteiger partial charge in [-0.1, -0.05) is 29.5 Å². The van der Waals surface area contributed by atoms with Gasteiger partial charge in [-0.25, -0.2) is 4.68 Å². The maximum atomic E-state index is 11.1. The molecule has 1 atom stereocenters. The number of nitrogens with zero attached hydrogens (tertiary/aromatic N) is 3. The number of amides is 1. The van der Waals surface area contributed by atoms with Gasteiger partial charge in [0.25, 0.3) is 0 Å². The maximum absolute atomic E-state index is 11.1. The molecule has 1 amide bonds. The Balaban J connectivity index is 1.46. The molecule has 0 spiro atoms. The normalized spacial score (nSPS) is 15.8. The molecule has 126 valence electrons. The number of ether oxygens (including phenoxy) is 2. The quantitative estimate of drug-likeness (QED) is 0.785. The minimum atomic E-state index is -0.454. The highest BCUT2D eigenvalue weighted by Crippen LogP contribution is 2.31. The van der Waals surface area contributed by atoms with Crippen LogP contribution in [0.2, 0.25) is 0 Å². The molecule has 3 aromatic rings. The lowest BCUT2D eigenvalue weighted by Crippen LogP contribution is -2.33. The van der Waals surface area contributed by atoms with E-state index in [-0.39, 0.29) is 6.10 Å². The summed E-state index contributed by atoms with van der Waals surface area (Å²) < 4.78 is 13.4. The Morgan fingerprint density at radius 1 is 1.16 bits per heavy atom. The minimum Gasteiger partial charge on any atom is -0.486 e. The number of primary amides is 1. The van der Waals surface area contributed by atoms with Gasteiger partial charge in [0.05, 0.1) is 12.7 Å².